The predicted octanol–water partition coefficient (Wildman–Crippen LogP) is 3.34. The predicted molar refractivity (Wildman–Crippen MR) is 73.4 cm³/mol. The maximum absolute atomic E-state index is 4.06. The molecular formula is C14H18N2S. The van der Waals surface area contributed by atoms with Gasteiger partial charge in [0.25, 0.3) is 0 Å². The molecule has 1 atom stereocenters. The molecule has 1 N–H and O–H groups in total. The molecule has 3 heteroatoms. The molecule has 0 fully saturated rings. The Kier molecular flexibility index (Phi) is 4.29. The summed E-state index contributed by atoms with van der Waals surface area (Å²) in [6.45, 7) is 5.34. The Bertz CT molecular complexity index is 450. The van der Waals surface area contributed by atoms with Crippen molar-refractivity contribution in [2.24, 2.45) is 0 Å². The summed E-state index contributed by atoms with van der Waals surface area (Å²) >= 11 is 1.82. The van der Waals surface area contributed by atoms with Gasteiger partial charge in [-0.25, -0.2) is 0 Å². The van der Waals surface area contributed by atoms with Gasteiger partial charge in [0.1, 0.15) is 0 Å². The quantitative estimate of drug-likeness (QED) is 0.875. The molecule has 0 spiro atoms. The summed E-state index contributed by atoms with van der Waals surface area (Å²) in [7, 11) is 0. The van der Waals surface area contributed by atoms with Crippen molar-refractivity contribution in [2.45, 2.75) is 26.3 Å². The van der Waals surface area contributed by atoms with E-state index in [2.05, 4.69) is 47.7 Å². The van der Waals surface area contributed by atoms with Gasteiger partial charge in [-0.2, -0.15) is 0 Å². The van der Waals surface area contributed by atoms with Crippen LogP contribution in [0.25, 0.3) is 0 Å². The number of pyridine rings is 1. The minimum Gasteiger partial charge on any atom is -0.310 e. The highest BCUT2D eigenvalue weighted by molar-refractivity contribution is 7.10. The molecule has 0 aliphatic rings. The first-order chi connectivity index (χ1) is 8.31. The lowest BCUT2D eigenvalue weighted by Gasteiger charge is -2.18. The van der Waals surface area contributed by atoms with Gasteiger partial charge in [-0.15, -0.1) is 11.3 Å². The number of hydrogen-bond donors (Lipinski definition) is 1. The Labute approximate surface area is 107 Å². The molecule has 0 amide bonds. The largest absolute Gasteiger partial charge is 0.310 e. The fraction of sp³-hybridized carbons (Fsp3) is 0.357. The monoisotopic (exact) mass is 246 g/mol. The Morgan fingerprint density at radius 2 is 2.06 bits per heavy atom. The number of rotatable bonds is 5. The fourth-order valence-corrected chi connectivity index (χ4v) is 2.81. The highest BCUT2D eigenvalue weighted by Gasteiger charge is 2.13. The molecule has 0 saturated heterocycles. The zero-order valence-electron chi connectivity index (χ0n) is 10.3. The van der Waals surface area contributed by atoms with Gasteiger partial charge in [0.15, 0.2) is 0 Å². The van der Waals surface area contributed by atoms with Crippen LogP contribution in [0, 0.1) is 6.92 Å². The zero-order chi connectivity index (χ0) is 12.1. The van der Waals surface area contributed by atoms with Gasteiger partial charge in [0.05, 0.1) is 0 Å². The van der Waals surface area contributed by atoms with Crippen LogP contribution in [0.15, 0.2) is 36.0 Å². The summed E-state index contributed by atoms with van der Waals surface area (Å²) in [6.07, 6.45) is 4.74. The minimum absolute atomic E-state index is 0.411. The summed E-state index contributed by atoms with van der Waals surface area (Å²) in [6, 6.07) is 6.82. The second-order valence-electron chi connectivity index (χ2n) is 4.10. The van der Waals surface area contributed by atoms with Crippen LogP contribution in [0.3, 0.4) is 0 Å². The number of thiophene rings is 1. The Morgan fingerprint density at radius 1 is 1.29 bits per heavy atom. The zero-order valence-corrected chi connectivity index (χ0v) is 11.1. The molecule has 17 heavy (non-hydrogen) atoms. The van der Waals surface area contributed by atoms with Gasteiger partial charge in [0.2, 0.25) is 0 Å². The average molecular weight is 246 g/mol. The van der Waals surface area contributed by atoms with Crippen LogP contribution in [0.4, 0.5) is 0 Å². The van der Waals surface area contributed by atoms with E-state index in [9.17, 15) is 0 Å². The Morgan fingerprint density at radius 3 is 2.65 bits per heavy atom. The van der Waals surface area contributed by atoms with Crippen LogP contribution in [-0.4, -0.2) is 11.5 Å². The smallest absolute Gasteiger partial charge is 0.0371 e. The first-order valence-electron chi connectivity index (χ1n) is 5.97. The number of nitrogens with zero attached hydrogens (tertiary/aromatic N) is 1. The van der Waals surface area contributed by atoms with Crippen molar-refractivity contribution in [1.82, 2.24) is 10.3 Å². The van der Waals surface area contributed by atoms with E-state index in [0.29, 0.717) is 6.04 Å². The number of aromatic nitrogens is 1. The first kappa shape index (κ1) is 12.3. The van der Waals surface area contributed by atoms with Crippen molar-refractivity contribution in [3.05, 3.63) is 52.0 Å². The summed E-state index contributed by atoms with van der Waals surface area (Å²) in [4.78, 5) is 5.47. The van der Waals surface area contributed by atoms with Gasteiger partial charge in [0, 0.05) is 23.3 Å². The molecule has 2 rings (SSSR count). The van der Waals surface area contributed by atoms with Crippen molar-refractivity contribution < 1.29 is 0 Å². The highest BCUT2D eigenvalue weighted by Crippen LogP contribution is 2.25. The van der Waals surface area contributed by atoms with Gasteiger partial charge in [-0.1, -0.05) is 6.92 Å². The normalized spacial score (nSPS) is 12.6. The van der Waals surface area contributed by atoms with E-state index in [4.69, 9.17) is 0 Å². The standard InChI is InChI=1S/C14H18N2S/c1-3-16-14(13-6-9-17-11(13)2)10-12-4-7-15-8-5-12/h4-9,14,16H,3,10H2,1-2H3. The third-order valence-corrected chi connectivity index (χ3v) is 3.78. The van der Waals surface area contributed by atoms with Crippen molar-refractivity contribution in [2.75, 3.05) is 6.54 Å². The summed E-state index contributed by atoms with van der Waals surface area (Å²) in [5, 5.41) is 5.73. The van der Waals surface area contributed by atoms with E-state index in [-0.39, 0.29) is 0 Å². The van der Waals surface area contributed by atoms with E-state index in [1.165, 1.54) is 16.0 Å². The number of aryl methyl sites for hydroxylation is 1. The number of nitrogens with one attached hydrogen (secondary N) is 1. The molecule has 0 aromatic carbocycles. The molecular weight excluding hydrogens is 228 g/mol. The van der Waals surface area contributed by atoms with Crippen molar-refractivity contribution in [3.8, 4) is 0 Å². The summed E-state index contributed by atoms with van der Waals surface area (Å²) in [5.41, 5.74) is 2.75. The van der Waals surface area contributed by atoms with Crippen molar-refractivity contribution in [3.63, 3.8) is 0 Å². The van der Waals surface area contributed by atoms with Crippen LogP contribution in [0.5, 0.6) is 0 Å². The van der Waals surface area contributed by atoms with Crippen molar-refractivity contribution >= 4 is 11.3 Å². The molecule has 0 bridgehead atoms. The molecule has 1 unspecified atom stereocenters. The number of hydrogen-bond acceptors (Lipinski definition) is 3. The molecule has 0 aliphatic carbocycles. The van der Waals surface area contributed by atoms with Gasteiger partial charge < -0.3 is 5.32 Å². The van der Waals surface area contributed by atoms with Crippen LogP contribution >= 0.6 is 11.3 Å². The van der Waals surface area contributed by atoms with Crippen LogP contribution in [-0.2, 0) is 6.42 Å². The topological polar surface area (TPSA) is 24.9 Å². The van der Waals surface area contributed by atoms with Crippen LogP contribution in [0.2, 0.25) is 0 Å². The molecule has 0 aliphatic heterocycles. The average Bonchev–Trinajstić information content (AvgIpc) is 2.76. The second-order valence-corrected chi connectivity index (χ2v) is 5.22. The molecule has 2 aromatic heterocycles. The third kappa shape index (κ3) is 3.14. The van der Waals surface area contributed by atoms with E-state index in [1.807, 2.05) is 23.7 Å². The molecule has 2 nitrogen and oxygen atoms in total. The lowest BCUT2D eigenvalue weighted by Crippen LogP contribution is -2.23. The SMILES string of the molecule is CCNC(Cc1ccncc1)c1ccsc1C. The second kappa shape index (κ2) is 5.94. The van der Waals surface area contributed by atoms with Crippen LogP contribution < -0.4 is 5.32 Å². The lowest BCUT2D eigenvalue weighted by atomic mass is 10.0. The molecule has 0 radical (unpaired) electrons. The Balaban J connectivity index is 2.16. The van der Waals surface area contributed by atoms with E-state index < -0.39 is 0 Å². The van der Waals surface area contributed by atoms with E-state index >= 15 is 0 Å². The number of likely N-dealkylation sites (N-methyl/N-ethyl adjacent to an activating group) is 1. The summed E-state index contributed by atoms with van der Waals surface area (Å²) in [5.74, 6) is 0. The molecule has 0 saturated carbocycles. The first-order valence-corrected chi connectivity index (χ1v) is 6.85. The minimum atomic E-state index is 0.411. The molecule has 2 heterocycles. The van der Waals surface area contributed by atoms with E-state index in [1.54, 1.807) is 0 Å². The van der Waals surface area contributed by atoms with Crippen molar-refractivity contribution in [1.29, 1.82) is 0 Å². The Hall–Kier alpha value is -1.19. The summed E-state index contributed by atoms with van der Waals surface area (Å²) < 4.78 is 0. The van der Waals surface area contributed by atoms with Gasteiger partial charge in [-0.05, 0) is 54.6 Å². The van der Waals surface area contributed by atoms with E-state index in [0.717, 1.165) is 13.0 Å². The lowest BCUT2D eigenvalue weighted by molar-refractivity contribution is 0.549. The molecule has 2 aromatic rings. The maximum atomic E-state index is 4.06. The highest BCUT2D eigenvalue weighted by atomic mass is 32.1. The van der Waals surface area contributed by atoms with Gasteiger partial charge >= 0.3 is 0 Å². The molecule has 90 valence electrons. The maximum Gasteiger partial charge on any atom is 0.0371 e. The van der Waals surface area contributed by atoms with Crippen LogP contribution in [0.1, 0.15) is 29.0 Å². The fourth-order valence-electron chi connectivity index (χ4n) is 2.05. The van der Waals surface area contributed by atoms with Gasteiger partial charge in [-0.3, -0.25) is 4.98 Å². The third-order valence-electron chi connectivity index (χ3n) is 2.91.